The van der Waals surface area contributed by atoms with Crippen molar-refractivity contribution in [3.63, 3.8) is 0 Å². The van der Waals surface area contributed by atoms with Gasteiger partial charge in [-0.1, -0.05) is 18.2 Å². The van der Waals surface area contributed by atoms with Crippen LogP contribution in [-0.4, -0.2) is 35.0 Å². The normalized spacial score (nSPS) is 17.5. The van der Waals surface area contributed by atoms with Crippen LogP contribution in [0.2, 0.25) is 0 Å². The summed E-state index contributed by atoms with van der Waals surface area (Å²) in [5, 5.41) is 13.3. The second kappa shape index (κ2) is 6.75. The number of carbonyl (C=O) groups is 1. The summed E-state index contributed by atoms with van der Waals surface area (Å²) in [4.78, 5) is 14.0. The molecular formula is C15H19ClN2O2S. The predicted molar refractivity (Wildman–Crippen MR) is 87.8 cm³/mol. The molecule has 0 radical (unpaired) electrons. The summed E-state index contributed by atoms with van der Waals surface area (Å²) in [6, 6.07) is 6.97. The Morgan fingerprint density at radius 2 is 1.95 bits per heavy atom. The average Bonchev–Trinajstić information content (AvgIpc) is 3.14. The molecule has 2 aromatic rings. The largest absolute Gasteiger partial charge is 0.386 e. The molecule has 1 aliphatic heterocycles. The molecule has 21 heavy (non-hydrogen) atoms. The van der Waals surface area contributed by atoms with Crippen molar-refractivity contribution in [3.8, 4) is 0 Å². The number of aliphatic hydroxyl groups is 1. The highest BCUT2D eigenvalue weighted by Gasteiger charge is 2.30. The van der Waals surface area contributed by atoms with E-state index in [4.69, 9.17) is 5.73 Å². The molecule has 0 spiro atoms. The van der Waals surface area contributed by atoms with Gasteiger partial charge in [-0.05, 0) is 29.7 Å². The molecule has 1 aromatic heterocycles. The van der Waals surface area contributed by atoms with Gasteiger partial charge in [0, 0.05) is 23.4 Å². The number of benzene rings is 1. The summed E-state index contributed by atoms with van der Waals surface area (Å²) in [6.45, 7) is 1.51. The lowest BCUT2D eigenvalue weighted by atomic mass is 10.0. The van der Waals surface area contributed by atoms with E-state index in [1.165, 1.54) is 0 Å². The van der Waals surface area contributed by atoms with E-state index in [1.54, 1.807) is 16.2 Å². The number of halogens is 1. The molecule has 1 aromatic carbocycles. The van der Waals surface area contributed by atoms with Crippen molar-refractivity contribution >= 4 is 39.7 Å². The monoisotopic (exact) mass is 326 g/mol. The van der Waals surface area contributed by atoms with Crippen molar-refractivity contribution < 1.29 is 9.90 Å². The van der Waals surface area contributed by atoms with Crippen LogP contribution < -0.4 is 5.73 Å². The molecule has 3 rings (SSSR count). The number of likely N-dealkylation sites (tertiary alicyclic amines) is 1. The third-order valence-electron chi connectivity index (χ3n) is 3.87. The van der Waals surface area contributed by atoms with E-state index in [9.17, 15) is 9.90 Å². The van der Waals surface area contributed by atoms with Gasteiger partial charge in [-0.3, -0.25) is 4.79 Å². The van der Waals surface area contributed by atoms with Crippen molar-refractivity contribution in [2.45, 2.75) is 25.0 Å². The zero-order valence-corrected chi connectivity index (χ0v) is 13.2. The summed E-state index contributed by atoms with van der Waals surface area (Å²) >= 11 is 1.56. The van der Waals surface area contributed by atoms with Crippen LogP contribution in [0.25, 0.3) is 10.1 Å². The van der Waals surface area contributed by atoms with Gasteiger partial charge in [0.15, 0.2) is 0 Å². The maximum absolute atomic E-state index is 12.3. The van der Waals surface area contributed by atoms with Crippen molar-refractivity contribution in [1.82, 2.24) is 4.90 Å². The third-order valence-corrected chi connectivity index (χ3v) is 4.85. The number of thiophene rings is 1. The topological polar surface area (TPSA) is 66.6 Å². The molecule has 3 N–H and O–H groups in total. The van der Waals surface area contributed by atoms with E-state index < -0.39 is 12.1 Å². The number of hydrogen-bond donors (Lipinski definition) is 2. The van der Waals surface area contributed by atoms with Crippen molar-refractivity contribution in [1.29, 1.82) is 0 Å². The molecule has 1 saturated heterocycles. The number of hydrogen-bond acceptors (Lipinski definition) is 4. The zero-order valence-electron chi connectivity index (χ0n) is 11.6. The number of carbonyl (C=O) groups excluding carboxylic acids is 1. The molecule has 6 heteroatoms. The third kappa shape index (κ3) is 3.06. The van der Waals surface area contributed by atoms with E-state index in [1.807, 2.05) is 29.6 Å². The molecule has 0 unspecified atom stereocenters. The van der Waals surface area contributed by atoms with E-state index in [-0.39, 0.29) is 18.3 Å². The van der Waals surface area contributed by atoms with Crippen molar-refractivity contribution in [2.24, 2.45) is 5.73 Å². The zero-order chi connectivity index (χ0) is 14.1. The van der Waals surface area contributed by atoms with E-state index in [0.717, 1.165) is 41.6 Å². The highest BCUT2D eigenvalue weighted by Crippen LogP contribution is 2.31. The van der Waals surface area contributed by atoms with E-state index in [0.29, 0.717) is 0 Å². The minimum absolute atomic E-state index is 0. The van der Waals surface area contributed by atoms with Crippen molar-refractivity contribution in [2.75, 3.05) is 13.1 Å². The van der Waals surface area contributed by atoms with Crippen LogP contribution in [0.1, 0.15) is 24.5 Å². The fourth-order valence-electron chi connectivity index (χ4n) is 2.70. The first-order valence-corrected chi connectivity index (χ1v) is 7.75. The highest BCUT2D eigenvalue weighted by molar-refractivity contribution is 7.17. The Morgan fingerprint density at radius 1 is 1.29 bits per heavy atom. The molecule has 1 aliphatic rings. The van der Waals surface area contributed by atoms with Gasteiger partial charge < -0.3 is 15.7 Å². The lowest BCUT2D eigenvalue weighted by Gasteiger charge is -2.23. The molecule has 0 aliphatic carbocycles. The average molecular weight is 327 g/mol. The number of fused-ring (bicyclic) bond motifs is 1. The van der Waals surface area contributed by atoms with Crippen LogP contribution in [0.5, 0.6) is 0 Å². The van der Waals surface area contributed by atoms with Crippen LogP contribution in [0.4, 0.5) is 0 Å². The Hall–Kier alpha value is -1.14. The van der Waals surface area contributed by atoms with Crippen LogP contribution in [0, 0.1) is 0 Å². The van der Waals surface area contributed by atoms with Crippen LogP contribution in [0.3, 0.4) is 0 Å². The smallest absolute Gasteiger partial charge is 0.242 e. The van der Waals surface area contributed by atoms with E-state index in [2.05, 4.69) is 0 Å². The summed E-state index contributed by atoms with van der Waals surface area (Å²) in [5.41, 5.74) is 6.74. The van der Waals surface area contributed by atoms with Gasteiger partial charge in [-0.15, -0.1) is 23.7 Å². The number of amides is 1. The molecule has 0 saturated carbocycles. The SMILES string of the molecule is Cl.N[C@@H](C(=O)N1CCCC1)[C@@H](O)c1csc2ccccc12. The summed E-state index contributed by atoms with van der Waals surface area (Å²) in [7, 11) is 0. The van der Waals surface area contributed by atoms with Gasteiger partial charge in [0.25, 0.3) is 0 Å². The minimum atomic E-state index is -0.945. The fourth-order valence-corrected chi connectivity index (χ4v) is 3.69. The molecule has 1 fully saturated rings. The Labute approximate surface area is 134 Å². The molecule has 1 amide bonds. The highest BCUT2D eigenvalue weighted by atomic mass is 35.5. The first-order chi connectivity index (χ1) is 9.68. The number of aliphatic hydroxyl groups excluding tert-OH is 1. The first kappa shape index (κ1) is 16.2. The minimum Gasteiger partial charge on any atom is -0.386 e. The second-order valence-electron chi connectivity index (χ2n) is 5.19. The maximum Gasteiger partial charge on any atom is 0.242 e. The molecule has 4 nitrogen and oxygen atoms in total. The Morgan fingerprint density at radius 3 is 2.67 bits per heavy atom. The van der Waals surface area contributed by atoms with Crippen molar-refractivity contribution in [3.05, 3.63) is 35.2 Å². The Bertz CT molecular complexity index is 625. The number of nitrogens with zero attached hydrogens (tertiary/aromatic N) is 1. The standard InChI is InChI=1S/C15H18N2O2S.ClH/c16-13(15(19)17-7-3-4-8-17)14(18)11-9-20-12-6-2-1-5-10(11)12;/h1-2,5-6,9,13-14,18H,3-4,7-8,16H2;1H/t13-,14+;/m1./s1. The summed E-state index contributed by atoms with van der Waals surface area (Å²) in [5.74, 6) is -0.148. The lowest BCUT2D eigenvalue weighted by molar-refractivity contribution is -0.134. The molecule has 2 heterocycles. The van der Waals surface area contributed by atoms with Gasteiger partial charge in [0.1, 0.15) is 12.1 Å². The van der Waals surface area contributed by atoms with Gasteiger partial charge in [-0.2, -0.15) is 0 Å². The lowest BCUT2D eigenvalue weighted by Crippen LogP contribution is -2.45. The Balaban J connectivity index is 0.00000161. The van der Waals surface area contributed by atoms with Crippen LogP contribution in [0.15, 0.2) is 29.6 Å². The second-order valence-corrected chi connectivity index (χ2v) is 6.10. The van der Waals surface area contributed by atoms with Gasteiger partial charge in [0.2, 0.25) is 5.91 Å². The van der Waals surface area contributed by atoms with Crippen LogP contribution >= 0.6 is 23.7 Å². The van der Waals surface area contributed by atoms with Gasteiger partial charge in [0.05, 0.1) is 0 Å². The molecule has 2 atom stereocenters. The summed E-state index contributed by atoms with van der Waals surface area (Å²) in [6.07, 6.45) is 1.10. The number of rotatable bonds is 3. The Kier molecular flexibility index (Phi) is 5.22. The molecule has 0 bridgehead atoms. The molecule has 114 valence electrons. The van der Waals surface area contributed by atoms with Crippen LogP contribution in [-0.2, 0) is 4.79 Å². The van der Waals surface area contributed by atoms with Gasteiger partial charge in [-0.25, -0.2) is 0 Å². The fraction of sp³-hybridized carbons (Fsp3) is 0.400. The van der Waals surface area contributed by atoms with Gasteiger partial charge >= 0.3 is 0 Å². The maximum atomic E-state index is 12.3. The predicted octanol–water partition coefficient (Wildman–Crippen LogP) is 2.31. The molecular weight excluding hydrogens is 308 g/mol. The summed E-state index contributed by atoms with van der Waals surface area (Å²) < 4.78 is 1.10. The van der Waals surface area contributed by atoms with E-state index >= 15 is 0 Å². The quantitative estimate of drug-likeness (QED) is 0.909. The first-order valence-electron chi connectivity index (χ1n) is 6.87. The number of nitrogens with two attached hydrogens (primary N) is 1.